The topological polar surface area (TPSA) is 50.2 Å². The summed E-state index contributed by atoms with van der Waals surface area (Å²) >= 11 is 0. The summed E-state index contributed by atoms with van der Waals surface area (Å²) in [5, 5.41) is 14.7. The molecule has 4 nitrogen and oxygen atoms in total. The van der Waals surface area contributed by atoms with Crippen molar-refractivity contribution in [1.29, 1.82) is 0 Å². The Hall–Kier alpha value is -1.97. The first kappa shape index (κ1) is 13.5. The number of nitrogens with one attached hydrogen (secondary N) is 1. The van der Waals surface area contributed by atoms with Crippen molar-refractivity contribution in [2.24, 2.45) is 16.9 Å². The maximum absolute atomic E-state index is 4.51. The number of aromatic nitrogens is 2. The standard InChI is InChI=1S/C15H20N4/c1-10(2)14(11(3)4)17-19-15-13-8-6-5-7-12(13)9-16-18-15/h5-11H,1-4H3,(H,18,19). The Kier molecular flexibility index (Phi) is 4.10. The zero-order valence-corrected chi connectivity index (χ0v) is 11.9. The number of anilines is 1. The molecule has 0 unspecified atom stereocenters. The average molecular weight is 256 g/mol. The zero-order valence-electron chi connectivity index (χ0n) is 11.9. The summed E-state index contributed by atoms with van der Waals surface area (Å²) in [7, 11) is 0. The first-order valence-corrected chi connectivity index (χ1v) is 6.63. The van der Waals surface area contributed by atoms with Crippen molar-refractivity contribution < 1.29 is 0 Å². The van der Waals surface area contributed by atoms with Crippen molar-refractivity contribution in [3.63, 3.8) is 0 Å². The Bertz CT molecular complexity index is 572. The fourth-order valence-electron chi connectivity index (χ4n) is 2.15. The van der Waals surface area contributed by atoms with E-state index in [4.69, 9.17) is 0 Å². The molecule has 0 saturated carbocycles. The Morgan fingerprint density at radius 1 is 1.11 bits per heavy atom. The molecule has 0 radical (unpaired) electrons. The second-order valence-electron chi connectivity index (χ2n) is 5.24. The molecular formula is C15H20N4. The molecule has 0 bridgehead atoms. The molecule has 0 spiro atoms. The zero-order chi connectivity index (χ0) is 13.8. The van der Waals surface area contributed by atoms with E-state index in [0.29, 0.717) is 17.7 Å². The third-order valence-corrected chi connectivity index (χ3v) is 3.04. The minimum absolute atomic E-state index is 0.412. The highest BCUT2D eigenvalue weighted by atomic mass is 15.3. The number of hydrogen-bond donors (Lipinski definition) is 1. The Balaban J connectivity index is 2.34. The number of rotatable bonds is 4. The van der Waals surface area contributed by atoms with Crippen molar-refractivity contribution in [1.82, 2.24) is 10.2 Å². The van der Waals surface area contributed by atoms with Crippen molar-refractivity contribution in [3.05, 3.63) is 30.5 Å². The molecule has 0 atom stereocenters. The molecule has 1 aromatic heterocycles. The predicted molar refractivity (Wildman–Crippen MR) is 80.3 cm³/mol. The minimum Gasteiger partial charge on any atom is -0.259 e. The molecule has 0 aliphatic rings. The van der Waals surface area contributed by atoms with E-state index in [0.717, 1.165) is 16.5 Å². The average Bonchev–Trinajstić information content (AvgIpc) is 2.38. The molecule has 1 N–H and O–H groups in total. The van der Waals surface area contributed by atoms with Crippen LogP contribution in [0.3, 0.4) is 0 Å². The third kappa shape index (κ3) is 3.08. The van der Waals surface area contributed by atoms with Gasteiger partial charge in [0.15, 0.2) is 5.82 Å². The van der Waals surface area contributed by atoms with Crippen LogP contribution in [0.4, 0.5) is 5.82 Å². The molecule has 1 aromatic carbocycles. The summed E-state index contributed by atoms with van der Waals surface area (Å²) < 4.78 is 0. The number of nitrogens with zero attached hydrogens (tertiary/aromatic N) is 3. The van der Waals surface area contributed by atoms with Gasteiger partial charge in [-0.25, -0.2) is 0 Å². The molecule has 0 fully saturated rings. The van der Waals surface area contributed by atoms with Crippen LogP contribution in [0.15, 0.2) is 35.6 Å². The van der Waals surface area contributed by atoms with Crippen LogP contribution in [0.25, 0.3) is 10.8 Å². The Labute approximate surface area is 113 Å². The van der Waals surface area contributed by atoms with Crippen LogP contribution in [0.5, 0.6) is 0 Å². The SMILES string of the molecule is CC(C)C(=NNc1nncc2ccccc12)C(C)C. The summed E-state index contributed by atoms with van der Waals surface area (Å²) in [6.07, 6.45) is 1.76. The third-order valence-electron chi connectivity index (χ3n) is 3.04. The molecule has 19 heavy (non-hydrogen) atoms. The number of hydrazone groups is 1. The van der Waals surface area contributed by atoms with Crippen LogP contribution in [0.2, 0.25) is 0 Å². The van der Waals surface area contributed by atoms with E-state index in [1.807, 2.05) is 24.3 Å². The molecule has 2 aromatic rings. The molecule has 100 valence electrons. The smallest absolute Gasteiger partial charge is 0.176 e. The van der Waals surface area contributed by atoms with Crippen LogP contribution < -0.4 is 5.43 Å². The summed E-state index contributed by atoms with van der Waals surface area (Å²) in [6, 6.07) is 8.02. The van der Waals surface area contributed by atoms with E-state index in [9.17, 15) is 0 Å². The number of benzene rings is 1. The van der Waals surface area contributed by atoms with E-state index in [1.165, 1.54) is 0 Å². The van der Waals surface area contributed by atoms with Gasteiger partial charge in [-0.05, 0) is 11.8 Å². The highest BCUT2D eigenvalue weighted by Crippen LogP contribution is 2.19. The van der Waals surface area contributed by atoms with Gasteiger partial charge in [-0.2, -0.15) is 10.2 Å². The van der Waals surface area contributed by atoms with Crippen LogP contribution in [-0.4, -0.2) is 15.9 Å². The normalized spacial score (nSPS) is 11.1. The van der Waals surface area contributed by atoms with Gasteiger partial charge in [-0.1, -0.05) is 52.0 Å². The molecule has 4 heteroatoms. The van der Waals surface area contributed by atoms with Gasteiger partial charge in [0.1, 0.15) is 0 Å². The Morgan fingerprint density at radius 2 is 1.79 bits per heavy atom. The Morgan fingerprint density at radius 3 is 2.47 bits per heavy atom. The van der Waals surface area contributed by atoms with Gasteiger partial charge in [0.25, 0.3) is 0 Å². The first-order chi connectivity index (χ1) is 9.09. The maximum atomic E-state index is 4.51. The van der Waals surface area contributed by atoms with Gasteiger partial charge in [-0.3, -0.25) is 5.43 Å². The molecule has 1 heterocycles. The lowest BCUT2D eigenvalue weighted by Crippen LogP contribution is -2.17. The summed E-state index contributed by atoms with van der Waals surface area (Å²) in [6.45, 7) is 8.59. The van der Waals surface area contributed by atoms with E-state index in [2.05, 4.69) is 48.4 Å². The molecule has 0 aliphatic heterocycles. The van der Waals surface area contributed by atoms with Gasteiger partial charge in [0.05, 0.1) is 6.20 Å². The lowest BCUT2D eigenvalue weighted by Gasteiger charge is -2.14. The molecular weight excluding hydrogens is 236 g/mol. The lowest BCUT2D eigenvalue weighted by atomic mass is 9.98. The van der Waals surface area contributed by atoms with Crippen molar-refractivity contribution in [2.45, 2.75) is 27.7 Å². The van der Waals surface area contributed by atoms with Crippen LogP contribution in [-0.2, 0) is 0 Å². The van der Waals surface area contributed by atoms with Crippen LogP contribution in [0.1, 0.15) is 27.7 Å². The molecule has 0 amide bonds. The fraction of sp³-hybridized carbons (Fsp3) is 0.400. The van der Waals surface area contributed by atoms with E-state index >= 15 is 0 Å². The van der Waals surface area contributed by atoms with Crippen LogP contribution in [0, 0.1) is 11.8 Å². The quantitative estimate of drug-likeness (QED) is 0.670. The maximum Gasteiger partial charge on any atom is 0.176 e. The number of hydrogen-bond acceptors (Lipinski definition) is 4. The number of fused-ring (bicyclic) bond motifs is 1. The van der Waals surface area contributed by atoms with Gasteiger partial charge in [0, 0.05) is 16.5 Å². The fourth-order valence-corrected chi connectivity index (χ4v) is 2.15. The highest BCUT2D eigenvalue weighted by molar-refractivity contribution is 5.92. The van der Waals surface area contributed by atoms with E-state index in [1.54, 1.807) is 6.20 Å². The summed E-state index contributed by atoms with van der Waals surface area (Å²) in [5.74, 6) is 1.53. The van der Waals surface area contributed by atoms with Crippen LogP contribution >= 0.6 is 0 Å². The van der Waals surface area contributed by atoms with Gasteiger partial charge in [0.2, 0.25) is 0 Å². The van der Waals surface area contributed by atoms with E-state index < -0.39 is 0 Å². The second-order valence-corrected chi connectivity index (χ2v) is 5.24. The molecule has 0 saturated heterocycles. The summed E-state index contributed by atoms with van der Waals surface area (Å²) in [5.41, 5.74) is 4.20. The summed E-state index contributed by atoms with van der Waals surface area (Å²) in [4.78, 5) is 0. The van der Waals surface area contributed by atoms with Crippen molar-refractivity contribution in [2.75, 3.05) is 5.43 Å². The minimum atomic E-state index is 0.412. The van der Waals surface area contributed by atoms with Gasteiger partial charge < -0.3 is 0 Å². The highest BCUT2D eigenvalue weighted by Gasteiger charge is 2.10. The molecule has 2 rings (SSSR count). The largest absolute Gasteiger partial charge is 0.259 e. The van der Waals surface area contributed by atoms with Crippen molar-refractivity contribution in [3.8, 4) is 0 Å². The predicted octanol–water partition coefficient (Wildman–Crippen LogP) is 3.71. The van der Waals surface area contributed by atoms with Gasteiger partial charge >= 0.3 is 0 Å². The van der Waals surface area contributed by atoms with Gasteiger partial charge in [-0.15, -0.1) is 5.10 Å². The van der Waals surface area contributed by atoms with Crippen molar-refractivity contribution >= 4 is 22.3 Å². The lowest BCUT2D eigenvalue weighted by molar-refractivity contribution is 0.760. The first-order valence-electron chi connectivity index (χ1n) is 6.63. The second kappa shape index (κ2) is 5.78. The van der Waals surface area contributed by atoms with E-state index in [-0.39, 0.29) is 0 Å². The monoisotopic (exact) mass is 256 g/mol. The molecule has 0 aliphatic carbocycles.